The van der Waals surface area contributed by atoms with Crippen LogP contribution in [0.4, 0.5) is 0 Å². The molecule has 0 unspecified atom stereocenters. The van der Waals surface area contributed by atoms with Crippen LogP contribution in [-0.2, 0) is 14.3 Å². The zero-order valence-corrected chi connectivity index (χ0v) is 15.1. The molecule has 7 heteroatoms. The molecule has 2 amide bonds. The van der Waals surface area contributed by atoms with Crippen LogP contribution in [0.2, 0.25) is 0 Å². The van der Waals surface area contributed by atoms with Gasteiger partial charge in [-0.1, -0.05) is 18.2 Å². The Balaban J connectivity index is 1.50. The number of hydrogen-bond acceptors (Lipinski definition) is 5. The van der Waals surface area contributed by atoms with E-state index in [1.807, 2.05) is 40.1 Å². The van der Waals surface area contributed by atoms with Crippen molar-refractivity contribution in [3.63, 3.8) is 0 Å². The Kier molecular flexibility index (Phi) is 4.69. The van der Waals surface area contributed by atoms with Gasteiger partial charge in [0, 0.05) is 45.4 Å². The molecule has 26 heavy (non-hydrogen) atoms. The minimum Gasteiger partial charge on any atom is -0.378 e. The van der Waals surface area contributed by atoms with Crippen LogP contribution in [0.15, 0.2) is 30.3 Å². The van der Waals surface area contributed by atoms with E-state index in [1.165, 1.54) is 7.11 Å². The number of ether oxygens (including phenoxy) is 2. The van der Waals surface area contributed by atoms with E-state index in [-0.39, 0.29) is 30.0 Å². The number of carbonyl (C=O) groups is 2. The van der Waals surface area contributed by atoms with Crippen molar-refractivity contribution in [3.8, 4) is 0 Å². The van der Waals surface area contributed by atoms with Gasteiger partial charge in [-0.3, -0.25) is 14.5 Å². The number of likely N-dealkylation sites (tertiary alicyclic amines) is 1. The van der Waals surface area contributed by atoms with Crippen molar-refractivity contribution in [2.75, 3.05) is 59.7 Å². The van der Waals surface area contributed by atoms with Gasteiger partial charge in [0.2, 0.25) is 5.91 Å². The van der Waals surface area contributed by atoms with Crippen molar-refractivity contribution in [3.05, 3.63) is 35.9 Å². The van der Waals surface area contributed by atoms with E-state index < -0.39 is 0 Å². The highest BCUT2D eigenvalue weighted by Crippen LogP contribution is 2.36. The standard InChI is InChI=1S/C19H25N3O4/c1-25-11-17(23)20-9-16-10-26-8-7-22(16)19(12-20)13-21(14-19)18(24)15-5-3-2-4-6-15/h2-6,16H,7-14H2,1H3/t16-/m1/s1. The van der Waals surface area contributed by atoms with E-state index >= 15 is 0 Å². The Labute approximate surface area is 153 Å². The Bertz CT molecular complexity index is 675. The summed E-state index contributed by atoms with van der Waals surface area (Å²) in [5.41, 5.74) is 0.546. The van der Waals surface area contributed by atoms with Gasteiger partial charge >= 0.3 is 0 Å². The van der Waals surface area contributed by atoms with Gasteiger partial charge in [0.25, 0.3) is 5.91 Å². The van der Waals surface area contributed by atoms with Crippen LogP contribution in [-0.4, -0.2) is 97.7 Å². The molecule has 7 nitrogen and oxygen atoms in total. The number of carbonyl (C=O) groups excluding carboxylic acids is 2. The molecule has 0 aromatic heterocycles. The van der Waals surface area contributed by atoms with Crippen LogP contribution in [0.3, 0.4) is 0 Å². The fraction of sp³-hybridized carbons (Fsp3) is 0.579. The van der Waals surface area contributed by atoms with E-state index in [9.17, 15) is 9.59 Å². The first-order chi connectivity index (χ1) is 12.6. The van der Waals surface area contributed by atoms with Crippen LogP contribution in [0.5, 0.6) is 0 Å². The summed E-state index contributed by atoms with van der Waals surface area (Å²) in [4.78, 5) is 31.3. The first-order valence-corrected chi connectivity index (χ1v) is 9.08. The molecule has 1 spiro atoms. The van der Waals surface area contributed by atoms with Crippen LogP contribution < -0.4 is 0 Å². The van der Waals surface area contributed by atoms with Gasteiger partial charge in [-0.25, -0.2) is 0 Å². The average Bonchev–Trinajstić information content (AvgIpc) is 2.65. The summed E-state index contributed by atoms with van der Waals surface area (Å²) in [6.45, 7) is 4.88. The third-order valence-electron chi connectivity index (χ3n) is 5.65. The second-order valence-corrected chi connectivity index (χ2v) is 7.38. The molecule has 1 atom stereocenters. The van der Waals surface area contributed by atoms with Crippen molar-refractivity contribution >= 4 is 11.8 Å². The lowest BCUT2D eigenvalue weighted by Crippen LogP contribution is -2.81. The molecule has 0 radical (unpaired) electrons. The van der Waals surface area contributed by atoms with Crippen LogP contribution in [0, 0.1) is 0 Å². The monoisotopic (exact) mass is 359 g/mol. The van der Waals surface area contributed by atoms with E-state index in [1.54, 1.807) is 0 Å². The van der Waals surface area contributed by atoms with E-state index in [0.717, 1.165) is 6.54 Å². The SMILES string of the molecule is COCC(=O)N1C[C@@H]2COCCN2C2(C1)CN(C(=O)c1ccccc1)C2. The fourth-order valence-electron chi connectivity index (χ4n) is 4.45. The lowest BCUT2D eigenvalue weighted by molar-refractivity contribution is -0.170. The fourth-order valence-corrected chi connectivity index (χ4v) is 4.45. The maximum Gasteiger partial charge on any atom is 0.253 e. The molecular weight excluding hydrogens is 334 g/mol. The molecule has 0 saturated carbocycles. The van der Waals surface area contributed by atoms with E-state index in [0.29, 0.717) is 45.0 Å². The molecule has 0 bridgehead atoms. The Morgan fingerprint density at radius 2 is 1.92 bits per heavy atom. The van der Waals surface area contributed by atoms with Crippen LogP contribution in [0.1, 0.15) is 10.4 Å². The first-order valence-electron chi connectivity index (χ1n) is 9.08. The normalized spacial score (nSPS) is 24.9. The quantitative estimate of drug-likeness (QED) is 0.764. The summed E-state index contributed by atoms with van der Waals surface area (Å²) < 4.78 is 10.7. The Hall–Kier alpha value is -1.96. The highest BCUT2D eigenvalue weighted by Gasteiger charge is 2.56. The minimum absolute atomic E-state index is 0.00457. The molecular formula is C19H25N3O4. The van der Waals surface area contributed by atoms with Gasteiger partial charge in [-0.2, -0.15) is 0 Å². The Morgan fingerprint density at radius 3 is 2.65 bits per heavy atom. The largest absolute Gasteiger partial charge is 0.378 e. The molecule has 4 rings (SSSR count). The molecule has 1 aromatic carbocycles. The molecule has 3 saturated heterocycles. The van der Waals surface area contributed by atoms with Crippen molar-refractivity contribution < 1.29 is 19.1 Å². The molecule has 3 fully saturated rings. The highest BCUT2D eigenvalue weighted by molar-refractivity contribution is 5.95. The van der Waals surface area contributed by atoms with Crippen LogP contribution in [0.25, 0.3) is 0 Å². The van der Waals surface area contributed by atoms with E-state index in [4.69, 9.17) is 9.47 Å². The second-order valence-electron chi connectivity index (χ2n) is 7.38. The van der Waals surface area contributed by atoms with E-state index in [2.05, 4.69) is 4.90 Å². The predicted molar refractivity (Wildman–Crippen MR) is 94.8 cm³/mol. The topological polar surface area (TPSA) is 62.3 Å². The zero-order valence-electron chi connectivity index (χ0n) is 15.1. The number of fused-ring (bicyclic) bond motifs is 2. The summed E-state index contributed by atoms with van der Waals surface area (Å²) in [5, 5.41) is 0. The second kappa shape index (κ2) is 6.98. The zero-order chi connectivity index (χ0) is 18.1. The number of nitrogens with zero attached hydrogens (tertiary/aromatic N) is 3. The molecule has 3 aliphatic heterocycles. The smallest absolute Gasteiger partial charge is 0.253 e. The summed E-state index contributed by atoms with van der Waals surface area (Å²) in [6, 6.07) is 9.55. The summed E-state index contributed by atoms with van der Waals surface area (Å²) in [7, 11) is 1.54. The molecule has 0 N–H and O–H groups in total. The van der Waals surface area contributed by atoms with Crippen molar-refractivity contribution in [1.82, 2.24) is 14.7 Å². The first kappa shape index (κ1) is 17.5. The van der Waals surface area contributed by atoms with Gasteiger partial charge in [0.15, 0.2) is 0 Å². The number of piperazine rings is 1. The van der Waals surface area contributed by atoms with Gasteiger partial charge < -0.3 is 19.3 Å². The summed E-state index contributed by atoms with van der Waals surface area (Å²) in [5.74, 6) is 0.0614. The Morgan fingerprint density at radius 1 is 1.19 bits per heavy atom. The number of benzene rings is 1. The molecule has 140 valence electrons. The van der Waals surface area contributed by atoms with Gasteiger partial charge in [-0.15, -0.1) is 0 Å². The van der Waals surface area contributed by atoms with Crippen molar-refractivity contribution in [1.29, 1.82) is 0 Å². The minimum atomic E-state index is -0.166. The lowest BCUT2D eigenvalue weighted by atomic mass is 9.82. The average molecular weight is 359 g/mol. The maximum absolute atomic E-state index is 12.7. The highest BCUT2D eigenvalue weighted by atomic mass is 16.5. The van der Waals surface area contributed by atoms with Gasteiger partial charge in [0.05, 0.1) is 24.8 Å². The number of rotatable bonds is 3. The van der Waals surface area contributed by atoms with Gasteiger partial charge in [0.1, 0.15) is 6.61 Å². The van der Waals surface area contributed by atoms with Crippen LogP contribution >= 0.6 is 0 Å². The third kappa shape index (κ3) is 3.00. The third-order valence-corrected chi connectivity index (χ3v) is 5.65. The number of amides is 2. The molecule has 0 aliphatic carbocycles. The molecule has 3 heterocycles. The number of hydrogen-bond donors (Lipinski definition) is 0. The number of methoxy groups -OCH3 is 1. The summed E-state index contributed by atoms with van der Waals surface area (Å²) >= 11 is 0. The molecule has 1 aromatic rings. The predicted octanol–water partition coefficient (Wildman–Crippen LogP) is 0.0706. The molecule has 3 aliphatic rings. The number of morpholine rings is 1. The van der Waals surface area contributed by atoms with Crippen molar-refractivity contribution in [2.24, 2.45) is 0 Å². The summed E-state index contributed by atoms with van der Waals surface area (Å²) in [6.07, 6.45) is 0. The lowest BCUT2D eigenvalue weighted by Gasteiger charge is -2.63. The van der Waals surface area contributed by atoms with Gasteiger partial charge in [-0.05, 0) is 12.1 Å². The maximum atomic E-state index is 12.7. The van der Waals surface area contributed by atoms with Crippen molar-refractivity contribution in [2.45, 2.75) is 11.6 Å².